The predicted molar refractivity (Wildman–Crippen MR) is 105 cm³/mol. The fourth-order valence-corrected chi connectivity index (χ4v) is 2.69. The zero-order chi connectivity index (χ0) is 18.5. The van der Waals surface area contributed by atoms with Crippen molar-refractivity contribution < 1.29 is 9.59 Å². The standard InChI is InChI=1S/C21H17ClN2O2/c1-14-5-2-6-15(11-14)20(25)23-18-9-3-7-16(12-18)21(26)24-19-10-4-8-17(22)13-19/h2-13H,1H3,(H,23,25)(H,24,26). The number of anilines is 2. The second kappa shape index (κ2) is 7.85. The van der Waals surface area contributed by atoms with Gasteiger partial charge < -0.3 is 10.6 Å². The molecule has 0 heterocycles. The summed E-state index contributed by atoms with van der Waals surface area (Å²) in [4.78, 5) is 24.8. The summed E-state index contributed by atoms with van der Waals surface area (Å²) in [6.07, 6.45) is 0. The molecule has 4 nitrogen and oxygen atoms in total. The van der Waals surface area contributed by atoms with E-state index in [0.29, 0.717) is 27.5 Å². The van der Waals surface area contributed by atoms with Gasteiger partial charge >= 0.3 is 0 Å². The molecule has 0 saturated carbocycles. The highest BCUT2D eigenvalue weighted by molar-refractivity contribution is 6.31. The smallest absolute Gasteiger partial charge is 0.255 e. The first-order chi connectivity index (χ1) is 12.5. The Morgan fingerprint density at radius 3 is 1.88 bits per heavy atom. The van der Waals surface area contributed by atoms with Gasteiger partial charge in [-0.25, -0.2) is 0 Å². The number of halogens is 1. The van der Waals surface area contributed by atoms with Crippen molar-refractivity contribution in [2.24, 2.45) is 0 Å². The van der Waals surface area contributed by atoms with Crippen molar-refractivity contribution in [1.29, 1.82) is 0 Å². The highest BCUT2D eigenvalue weighted by atomic mass is 35.5. The van der Waals surface area contributed by atoms with Crippen molar-refractivity contribution in [2.75, 3.05) is 10.6 Å². The van der Waals surface area contributed by atoms with Gasteiger partial charge in [-0.15, -0.1) is 0 Å². The average molecular weight is 365 g/mol. The topological polar surface area (TPSA) is 58.2 Å². The lowest BCUT2D eigenvalue weighted by Gasteiger charge is -2.09. The lowest BCUT2D eigenvalue weighted by atomic mass is 10.1. The maximum atomic E-state index is 12.4. The number of carbonyl (C=O) groups is 2. The Labute approximate surface area is 156 Å². The van der Waals surface area contributed by atoms with Crippen molar-refractivity contribution in [1.82, 2.24) is 0 Å². The van der Waals surface area contributed by atoms with Crippen LogP contribution in [0, 0.1) is 6.92 Å². The van der Waals surface area contributed by atoms with Gasteiger partial charge in [-0.05, 0) is 55.5 Å². The molecular formula is C21H17ClN2O2. The number of carbonyl (C=O) groups excluding carboxylic acids is 2. The number of hydrogen-bond donors (Lipinski definition) is 2. The number of benzene rings is 3. The van der Waals surface area contributed by atoms with Crippen molar-refractivity contribution in [3.63, 3.8) is 0 Å². The minimum absolute atomic E-state index is 0.221. The van der Waals surface area contributed by atoms with Gasteiger partial charge in [-0.3, -0.25) is 9.59 Å². The van der Waals surface area contributed by atoms with Gasteiger partial charge in [0.2, 0.25) is 0 Å². The molecule has 0 aliphatic carbocycles. The van der Waals surface area contributed by atoms with Crippen molar-refractivity contribution in [2.45, 2.75) is 6.92 Å². The molecule has 2 amide bonds. The first-order valence-corrected chi connectivity index (χ1v) is 8.44. The van der Waals surface area contributed by atoms with Crippen LogP contribution in [-0.2, 0) is 0 Å². The van der Waals surface area contributed by atoms with Crippen LogP contribution in [0.15, 0.2) is 72.8 Å². The van der Waals surface area contributed by atoms with E-state index in [4.69, 9.17) is 11.6 Å². The van der Waals surface area contributed by atoms with Gasteiger partial charge in [0.15, 0.2) is 0 Å². The third-order valence-corrected chi connectivity index (χ3v) is 3.98. The molecule has 3 aromatic rings. The molecule has 26 heavy (non-hydrogen) atoms. The van der Waals surface area contributed by atoms with Crippen molar-refractivity contribution in [3.8, 4) is 0 Å². The molecule has 0 spiro atoms. The Bertz CT molecular complexity index is 969. The quantitative estimate of drug-likeness (QED) is 0.672. The Morgan fingerprint density at radius 2 is 1.27 bits per heavy atom. The van der Waals surface area contributed by atoms with Crippen LogP contribution < -0.4 is 10.6 Å². The first kappa shape index (κ1) is 17.7. The summed E-state index contributed by atoms with van der Waals surface area (Å²) in [5, 5.41) is 6.14. The van der Waals surface area contributed by atoms with E-state index in [1.165, 1.54) is 0 Å². The zero-order valence-corrected chi connectivity index (χ0v) is 14.9. The summed E-state index contributed by atoms with van der Waals surface area (Å²) >= 11 is 5.93. The van der Waals surface area contributed by atoms with Crippen LogP contribution in [0.3, 0.4) is 0 Å². The van der Waals surface area contributed by atoms with E-state index in [-0.39, 0.29) is 11.8 Å². The van der Waals surface area contributed by atoms with Gasteiger partial charge in [0.05, 0.1) is 0 Å². The van der Waals surface area contributed by atoms with Crippen LogP contribution in [0.25, 0.3) is 0 Å². The molecule has 0 unspecified atom stereocenters. The van der Waals surface area contributed by atoms with E-state index in [0.717, 1.165) is 5.56 Å². The number of aryl methyl sites for hydroxylation is 1. The Kier molecular flexibility index (Phi) is 5.34. The molecule has 0 atom stereocenters. The molecule has 130 valence electrons. The molecule has 0 saturated heterocycles. The molecule has 3 rings (SSSR count). The van der Waals surface area contributed by atoms with Crippen LogP contribution in [0.1, 0.15) is 26.3 Å². The zero-order valence-electron chi connectivity index (χ0n) is 14.1. The van der Waals surface area contributed by atoms with E-state index in [9.17, 15) is 9.59 Å². The summed E-state index contributed by atoms with van der Waals surface area (Å²) in [6.45, 7) is 1.93. The molecule has 5 heteroatoms. The highest BCUT2D eigenvalue weighted by Gasteiger charge is 2.10. The fraction of sp³-hybridized carbons (Fsp3) is 0.0476. The lowest BCUT2D eigenvalue weighted by molar-refractivity contribution is 0.101. The van der Waals surface area contributed by atoms with Crippen LogP contribution in [0.4, 0.5) is 11.4 Å². The van der Waals surface area contributed by atoms with E-state index >= 15 is 0 Å². The third kappa shape index (κ3) is 4.49. The molecule has 2 N–H and O–H groups in total. The first-order valence-electron chi connectivity index (χ1n) is 8.06. The second-order valence-corrected chi connectivity index (χ2v) is 6.31. The average Bonchev–Trinajstić information content (AvgIpc) is 2.62. The van der Waals surface area contributed by atoms with Crippen LogP contribution in [-0.4, -0.2) is 11.8 Å². The normalized spacial score (nSPS) is 10.2. The monoisotopic (exact) mass is 364 g/mol. The van der Waals surface area contributed by atoms with Gasteiger partial charge in [-0.1, -0.05) is 41.4 Å². The van der Waals surface area contributed by atoms with E-state index in [2.05, 4.69) is 10.6 Å². The summed E-state index contributed by atoms with van der Waals surface area (Å²) in [5.41, 5.74) is 3.17. The second-order valence-electron chi connectivity index (χ2n) is 5.87. The Balaban J connectivity index is 1.73. The molecule has 0 fully saturated rings. The number of rotatable bonds is 4. The summed E-state index contributed by atoms with van der Waals surface area (Å²) in [7, 11) is 0. The summed E-state index contributed by atoms with van der Waals surface area (Å²) in [6, 6.07) is 21.0. The van der Waals surface area contributed by atoms with E-state index in [1.807, 2.05) is 25.1 Å². The molecule has 0 aliphatic heterocycles. The summed E-state index contributed by atoms with van der Waals surface area (Å²) in [5.74, 6) is -0.500. The molecule has 0 aromatic heterocycles. The molecule has 0 aliphatic rings. The maximum Gasteiger partial charge on any atom is 0.255 e. The SMILES string of the molecule is Cc1cccc(C(=O)Nc2cccc(C(=O)Nc3cccc(Cl)c3)c2)c1. The fourth-order valence-electron chi connectivity index (χ4n) is 2.50. The predicted octanol–water partition coefficient (Wildman–Crippen LogP) is 5.15. The van der Waals surface area contributed by atoms with Gasteiger partial charge in [0.1, 0.15) is 0 Å². The lowest BCUT2D eigenvalue weighted by Crippen LogP contribution is -2.14. The molecule has 3 aromatic carbocycles. The van der Waals surface area contributed by atoms with Crippen molar-refractivity contribution in [3.05, 3.63) is 94.5 Å². The van der Waals surface area contributed by atoms with Gasteiger partial charge in [0, 0.05) is 27.5 Å². The van der Waals surface area contributed by atoms with Crippen LogP contribution in [0.5, 0.6) is 0 Å². The van der Waals surface area contributed by atoms with Gasteiger partial charge in [0.25, 0.3) is 11.8 Å². The Morgan fingerprint density at radius 1 is 0.731 bits per heavy atom. The largest absolute Gasteiger partial charge is 0.322 e. The van der Waals surface area contributed by atoms with E-state index < -0.39 is 0 Å². The molecule has 0 radical (unpaired) electrons. The number of nitrogens with one attached hydrogen (secondary N) is 2. The number of amides is 2. The third-order valence-electron chi connectivity index (χ3n) is 3.75. The highest BCUT2D eigenvalue weighted by Crippen LogP contribution is 2.18. The van der Waals surface area contributed by atoms with Crippen LogP contribution >= 0.6 is 11.6 Å². The van der Waals surface area contributed by atoms with Crippen LogP contribution in [0.2, 0.25) is 5.02 Å². The van der Waals surface area contributed by atoms with Crippen molar-refractivity contribution >= 4 is 34.8 Å². The maximum absolute atomic E-state index is 12.4. The minimum Gasteiger partial charge on any atom is -0.322 e. The number of hydrogen-bond acceptors (Lipinski definition) is 2. The molecular weight excluding hydrogens is 348 g/mol. The Hall–Kier alpha value is -3.11. The minimum atomic E-state index is -0.279. The molecule has 0 bridgehead atoms. The van der Waals surface area contributed by atoms with Gasteiger partial charge in [-0.2, -0.15) is 0 Å². The summed E-state index contributed by atoms with van der Waals surface area (Å²) < 4.78 is 0. The van der Waals surface area contributed by atoms with E-state index in [1.54, 1.807) is 54.6 Å².